The fraction of sp³-hybridized carbons (Fsp3) is 0.400. The van der Waals surface area contributed by atoms with Gasteiger partial charge >= 0.3 is 0 Å². The zero-order valence-corrected chi connectivity index (χ0v) is 8.24. The molecule has 1 aliphatic carbocycles. The second-order valence-corrected chi connectivity index (χ2v) is 3.40. The molecule has 0 atom stereocenters. The molecule has 0 heterocycles. The fourth-order valence-corrected chi connectivity index (χ4v) is 1.45. The van der Waals surface area contributed by atoms with Crippen molar-refractivity contribution in [3.8, 4) is 0 Å². The highest BCUT2D eigenvalue weighted by molar-refractivity contribution is 6.29. The highest BCUT2D eigenvalue weighted by Gasteiger charge is 2.12. The lowest BCUT2D eigenvalue weighted by atomic mass is 10.00. The molecule has 0 amide bonds. The van der Waals surface area contributed by atoms with Crippen molar-refractivity contribution >= 4 is 11.6 Å². The van der Waals surface area contributed by atoms with Gasteiger partial charge in [0.15, 0.2) is 0 Å². The topological polar surface area (TPSA) is 9.23 Å². The first kappa shape index (κ1) is 9.40. The van der Waals surface area contributed by atoms with Crippen molar-refractivity contribution in [3.63, 3.8) is 0 Å². The first-order valence-electron chi connectivity index (χ1n) is 3.94. The maximum atomic E-state index is 5.91. The van der Waals surface area contributed by atoms with Crippen LogP contribution >= 0.6 is 11.6 Å². The zero-order valence-electron chi connectivity index (χ0n) is 7.48. The molecule has 12 heavy (non-hydrogen) atoms. The number of rotatable bonds is 2. The molecule has 66 valence electrons. The number of halogens is 1. The number of hydrogen-bond acceptors (Lipinski definition) is 1. The molecule has 0 spiro atoms. The standard InChI is InChI=1S/C10H13ClO/c1-7(2)9-6-8(11)4-5-10(9)12-3/h6H,1,4-5H2,2-3H3. The van der Waals surface area contributed by atoms with Gasteiger partial charge in [-0.2, -0.15) is 0 Å². The van der Waals surface area contributed by atoms with Crippen molar-refractivity contribution in [3.05, 3.63) is 34.6 Å². The van der Waals surface area contributed by atoms with E-state index in [1.807, 2.05) is 13.0 Å². The van der Waals surface area contributed by atoms with Crippen LogP contribution in [-0.4, -0.2) is 7.11 Å². The summed E-state index contributed by atoms with van der Waals surface area (Å²) >= 11 is 5.91. The zero-order chi connectivity index (χ0) is 9.14. The lowest BCUT2D eigenvalue weighted by molar-refractivity contribution is 0.273. The van der Waals surface area contributed by atoms with Gasteiger partial charge in [0.2, 0.25) is 0 Å². The fourth-order valence-electron chi connectivity index (χ4n) is 1.25. The largest absolute Gasteiger partial charge is 0.500 e. The summed E-state index contributed by atoms with van der Waals surface area (Å²) in [4.78, 5) is 0. The summed E-state index contributed by atoms with van der Waals surface area (Å²) in [7, 11) is 1.69. The van der Waals surface area contributed by atoms with E-state index in [0.717, 1.165) is 34.8 Å². The van der Waals surface area contributed by atoms with E-state index in [1.165, 1.54) is 0 Å². The average molecular weight is 185 g/mol. The van der Waals surface area contributed by atoms with Gasteiger partial charge in [0.05, 0.1) is 7.11 Å². The molecule has 0 N–H and O–H groups in total. The minimum Gasteiger partial charge on any atom is -0.500 e. The van der Waals surface area contributed by atoms with Gasteiger partial charge in [0, 0.05) is 17.0 Å². The van der Waals surface area contributed by atoms with E-state index in [2.05, 4.69) is 6.58 Å². The molecule has 0 fully saturated rings. The number of ether oxygens (including phenoxy) is 1. The SMILES string of the molecule is C=C(C)C1=C(OC)CCC(Cl)=C1. The van der Waals surface area contributed by atoms with Crippen LogP contribution in [0.4, 0.5) is 0 Å². The van der Waals surface area contributed by atoms with E-state index in [-0.39, 0.29) is 0 Å². The summed E-state index contributed by atoms with van der Waals surface area (Å²) in [5.41, 5.74) is 2.05. The number of allylic oxidation sites excluding steroid dienone is 5. The summed E-state index contributed by atoms with van der Waals surface area (Å²) in [6, 6.07) is 0. The predicted molar refractivity (Wildman–Crippen MR) is 52.0 cm³/mol. The molecule has 0 aromatic rings. The van der Waals surface area contributed by atoms with Gasteiger partial charge in [0.25, 0.3) is 0 Å². The lowest BCUT2D eigenvalue weighted by Crippen LogP contribution is -1.99. The average Bonchev–Trinajstić information content (AvgIpc) is 2.04. The lowest BCUT2D eigenvalue weighted by Gasteiger charge is -2.16. The Balaban J connectivity index is 3.00. The summed E-state index contributed by atoms with van der Waals surface area (Å²) < 4.78 is 5.23. The molecule has 0 aromatic heterocycles. The van der Waals surface area contributed by atoms with Crippen LogP contribution in [0.15, 0.2) is 34.6 Å². The highest BCUT2D eigenvalue weighted by atomic mass is 35.5. The molecule has 1 rings (SSSR count). The van der Waals surface area contributed by atoms with Crippen LogP contribution < -0.4 is 0 Å². The van der Waals surface area contributed by atoms with Crippen LogP contribution in [0, 0.1) is 0 Å². The van der Waals surface area contributed by atoms with Crippen LogP contribution in [0.5, 0.6) is 0 Å². The number of methoxy groups -OCH3 is 1. The Morgan fingerprint density at radius 3 is 2.75 bits per heavy atom. The second-order valence-electron chi connectivity index (χ2n) is 2.91. The third-order valence-corrected chi connectivity index (χ3v) is 2.20. The van der Waals surface area contributed by atoms with Crippen LogP contribution in [0.25, 0.3) is 0 Å². The summed E-state index contributed by atoms with van der Waals surface area (Å²) in [5, 5.41) is 0.883. The van der Waals surface area contributed by atoms with E-state index in [9.17, 15) is 0 Å². The first-order chi connectivity index (χ1) is 5.65. The van der Waals surface area contributed by atoms with Crippen molar-refractivity contribution in [2.24, 2.45) is 0 Å². The van der Waals surface area contributed by atoms with E-state index in [1.54, 1.807) is 7.11 Å². The molecule has 0 bridgehead atoms. The van der Waals surface area contributed by atoms with Gasteiger partial charge < -0.3 is 4.74 Å². The van der Waals surface area contributed by atoms with Crippen molar-refractivity contribution in [2.75, 3.05) is 7.11 Å². The summed E-state index contributed by atoms with van der Waals surface area (Å²) in [5.74, 6) is 0.993. The normalized spacial score (nSPS) is 17.4. The Hall–Kier alpha value is -0.690. The smallest absolute Gasteiger partial charge is 0.103 e. The Labute approximate surface area is 78.4 Å². The molecule has 0 aromatic carbocycles. The summed E-state index contributed by atoms with van der Waals surface area (Å²) in [6.07, 6.45) is 3.70. The Morgan fingerprint density at radius 2 is 2.25 bits per heavy atom. The molecular formula is C10H13ClO. The highest BCUT2D eigenvalue weighted by Crippen LogP contribution is 2.29. The minimum atomic E-state index is 0.876. The number of hydrogen-bond donors (Lipinski definition) is 0. The van der Waals surface area contributed by atoms with Crippen molar-refractivity contribution in [1.82, 2.24) is 0 Å². The molecular weight excluding hydrogens is 172 g/mol. The van der Waals surface area contributed by atoms with Gasteiger partial charge in [0.1, 0.15) is 5.76 Å². The molecule has 1 nitrogen and oxygen atoms in total. The third-order valence-electron chi connectivity index (χ3n) is 1.90. The van der Waals surface area contributed by atoms with Crippen molar-refractivity contribution < 1.29 is 4.74 Å². The Kier molecular flexibility index (Phi) is 2.99. The predicted octanol–water partition coefficient (Wildman–Crippen LogP) is 3.38. The maximum Gasteiger partial charge on any atom is 0.103 e. The van der Waals surface area contributed by atoms with E-state index < -0.39 is 0 Å². The van der Waals surface area contributed by atoms with Crippen molar-refractivity contribution in [2.45, 2.75) is 19.8 Å². The molecule has 0 aliphatic heterocycles. The van der Waals surface area contributed by atoms with Gasteiger partial charge in [-0.1, -0.05) is 18.2 Å². The monoisotopic (exact) mass is 184 g/mol. The maximum absolute atomic E-state index is 5.91. The van der Waals surface area contributed by atoms with Crippen LogP contribution in [-0.2, 0) is 4.74 Å². The van der Waals surface area contributed by atoms with Gasteiger partial charge in [-0.05, 0) is 25.0 Å². The summed E-state index contributed by atoms with van der Waals surface area (Å²) in [6.45, 7) is 5.83. The third kappa shape index (κ3) is 1.92. The molecule has 2 heteroatoms. The van der Waals surface area contributed by atoms with Gasteiger partial charge in [-0.3, -0.25) is 0 Å². The molecule has 1 aliphatic rings. The van der Waals surface area contributed by atoms with E-state index in [0.29, 0.717) is 0 Å². The van der Waals surface area contributed by atoms with E-state index >= 15 is 0 Å². The quantitative estimate of drug-likeness (QED) is 0.640. The molecule has 0 saturated carbocycles. The second kappa shape index (κ2) is 3.81. The first-order valence-corrected chi connectivity index (χ1v) is 4.32. The Morgan fingerprint density at radius 1 is 1.58 bits per heavy atom. The van der Waals surface area contributed by atoms with E-state index in [4.69, 9.17) is 16.3 Å². The molecule has 0 saturated heterocycles. The van der Waals surface area contributed by atoms with Crippen molar-refractivity contribution in [1.29, 1.82) is 0 Å². The van der Waals surface area contributed by atoms with Crippen LogP contribution in [0.1, 0.15) is 19.8 Å². The van der Waals surface area contributed by atoms with Crippen LogP contribution in [0.3, 0.4) is 0 Å². The van der Waals surface area contributed by atoms with Gasteiger partial charge in [-0.15, -0.1) is 0 Å². The minimum absolute atomic E-state index is 0.876. The Bertz CT molecular complexity index is 261. The molecule has 0 unspecified atom stereocenters. The molecule has 0 radical (unpaired) electrons. The van der Waals surface area contributed by atoms with Gasteiger partial charge in [-0.25, -0.2) is 0 Å². The van der Waals surface area contributed by atoms with Crippen LogP contribution in [0.2, 0.25) is 0 Å².